The van der Waals surface area contributed by atoms with Crippen LogP contribution in [-0.4, -0.2) is 16.3 Å². The van der Waals surface area contributed by atoms with Crippen LogP contribution in [0.3, 0.4) is 0 Å². The number of nitrogens with zero attached hydrogens (tertiary/aromatic N) is 3. The van der Waals surface area contributed by atoms with Crippen molar-refractivity contribution in [1.82, 2.24) is 10.1 Å². The van der Waals surface area contributed by atoms with Gasteiger partial charge in [0.2, 0.25) is 4.83 Å². The molecule has 3 rings (SSSR count). The molecule has 0 bridgehead atoms. The molecule has 82 valence electrons. The van der Waals surface area contributed by atoms with Crippen LogP contribution < -0.4 is 28.5 Å². The summed E-state index contributed by atoms with van der Waals surface area (Å²) < 4.78 is 2.91. The van der Waals surface area contributed by atoms with Gasteiger partial charge in [0.25, 0.3) is 0 Å². The first-order chi connectivity index (χ1) is 7.38. The Morgan fingerprint density at radius 1 is 1.31 bits per heavy atom. The van der Waals surface area contributed by atoms with Crippen molar-refractivity contribution < 1.29 is 28.5 Å². The molecule has 0 fully saturated rings. The molecule has 0 amide bonds. The second kappa shape index (κ2) is 4.80. The number of fused-ring (bicyclic) bond motifs is 3. The molecule has 0 aliphatic heterocycles. The van der Waals surface area contributed by atoms with Crippen LogP contribution in [0.2, 0.25) is 0 Å². The van der Waals surface area contributed by atoms with Crippen molar-refractivity contribution in [2.24, 2.45) is 0 Å². The lowest BCUT2D eigenvalue weighted by Crippen LogP contribution is -3.00. The van der Waals surface area contributed by atoms with Gasteiger partial charge in [-0.3, -0.25) is 0 Å². The first-order valence-corrected chi connectivity index (χ1v) is 6.53. The zero-order valence-corrected chi connectivity index (χ0v) is 12.2. The van der Waals surface area contributed by atoms with Crippen LogP contribution >= 0.6 is 23.1 Å². The number of halogens is 1. The zero-order valence-electron chi connectivity index (χ0n) is 8.42. The fourth-order valence-corrected chi connectivity index (χ4v) is 3.00. The van der Waals surface area contributed by atoms with Crippen molar-refractivity contribution in [2.75, 3.05) is 6.26 Å². The van der Waals surface area contributed by atoms with Crippen molar-refractivity contribution in [2.45, 2.75) is 4.34 Å². The summed E-state index contributed by atoms with van der Waals surface area (Å²) in [7, 11) is 0. The Bertz CT molecular complexity index is 638. The average Bonchev–Trinajstić information content (AvgIpc) is 2.72. The molecule has 0 unspecified atom stereocenters. The Kier molecular flexibility index (Phi) is 3.60. The lowest BCUT2D eigenvalue weighted by Gasteiger charge is -1.88. The number of thioether (sulfide) groups is 1. The standard InChI is InChI=1S/C10H8N3S2.HI/c1-14-10-12-13-6-11-8-5-3-2-4-7(8)9(13)15-10;/h2-6H,1H3;1H/q+1;/p-1. The Morgan fingerprint density at radius 3 is 2.94 bits per heavy atom. The molecule has 0 aliphatic carbocycles. The molecule has 0 aliphatic rings. The highest BCUT2D eigenvalue weighted by Gasteiger charge is 2.13. The number of para-hydroxylation sites is 1. The van der Waals surface area contributed by atoms with E-state index >= 15 is 0 Å². The molecular formula is C10H8IN3S2. The first-order valence-electron chi connectivity index (χ1n) is 4.49. The van der Waals surface area contributed by atoms with Gasteiger partial charge in [0.1, 0.15) is 0 Å². The monoisotopic (exact) mass is 361 g/mol. The van der Waals surface area contributed by atoms with Gasteiger partial charge in [-0.1, -0.05) is 44.8 Å². The van der Waals surface area contributed by atoms with Crippen LogP contribution in [0.25, 0.3) is 15.7 Å². The van der Waals surface area contributed by atoms with Crippen LogP contribution in [0.5, 0.6) is 0 Å². The van der Waals surface area contributed by atoms with Gasteiger partial charge in [0.05, 0.1) is 5.39 Å². The van der Waals surface area contributed by atoms with Gasteiger partial charge >= 0.3 is 6.33 Å². The highest BCUT2D eigenvalue weighted by atomic mass is 127. The van der Waals surface area contributed by atoms with Gasteiger partial charge in [-0.25, -0.2) is 0 Å². The molecule has 0 saturated carbocycles. The lowest BCUT2D eigenvalue weighted by atomic mass is 10.2. The third kappa shape index (κ3) is 1.89. The SMILES string of the molecule is CSc1n[n+]2cnc3ccccc3c2s1.[I-]. The van der Waals surface area contributed by atoms with E-state index in [1.807, 2.05) is 29.0 Å². The summed E-state index contributed by atoms with van der Waals surface area (Å²) >= 11 is 3.36. The average molecular weight is 361 g/mol. The Labute approximate surface area is 118 Å². The molecule has 0 atom stereocenters. The van der Waals surface area contributed by atoms with E-state index in [2.05, 4.69) is 16.1 Å². The van der Waals surface area contributed by atoms with Gasteiger partial charge in [-0.2, -0.15) is 0 Å². The summed E-state index contributed by atoms with van der Waals surface area (Å²) in [5.41, 5.74) is 1.02. The number of hydrogen-bond donors (Lipinski definition) is 0. The molecule has 0 spiro atoms. The summed E-state index contributed by atoms with van der Waals surface area (Å²) in [6.07, 6.45) is 3.81. The van der Waals surface area contributed by atoms with E-state index in [-0.39, 0.29) is 24.0 Å². The first kappa shape index (κ1) is 12.0. The summed E-state index contributed by atoms with van der Waals surface area (Å²) in [4.78, 5) is 5.51. The van der Waals surface area contributed by atoms with Crippen molar-refractivity contribution in [3.8, 4) is 0 Å². The minimum absolute atomic E-state index is 0. The summed E-state index contributed by atoms with van der Waals surface area (Å²) in [6.45, 7) is 0. The van der Waals surface area contributed by atoms with Gasteiger partial charge in [0.15, 0.2) is 9.86 Å². The number of hydrogen-bond acceptors (Lipinski definition) is 4. The van der Waals surface area contributed by atoms with E-state index in [0.717, 1.165) is 20.1 Å². The fourth-order valence-electron chi connectivity index (χ4n) is 1.51. The second-order valence-electron chi connectivity index (χ2n) is 3.08. The van der Waals surface area contributed by atoms with Gasteiger partial charge in [-0.05, 0) is 23.4 Å². The van der Waals surface area contributed by atoms with Gasteiger partial charge in [0, 0.05) is 0 Å². The third-order valence-electron chi connectivity index (χ3n) is 2.20. The van der Waals surface area contributed by atoms with E-state index in [0.29, 0.717) is 0 Å². The second-order valence-corrected chi connectivity index (χ2v) is 5.11. The predicted octanol–water partition coefficient (Wildman–Crippen LogP) is -0.844. The van der Waals surface area contributed by atoms with E-state index in [4.69, 9.17) is 0 Å². The van der Waals surface area contributed by atoms with E-state index in [1.54, 1.807) is 29.4 Å². The summed E-state index contributed by atoms with van der Waals surface area (Å²) in [5, 5.41) is 5.58. The summed E-state index contributed by atoms with van der Waals surface area (Å²) in [6, 6.07) is 8.14. The Balaban J connectivity index is 0.000000963. The van der Waals surface area contributed by atoms with Gasteiger partial charge < -0.3 is 24.0 Å². The molecule has 6 heteroatoms. The minimum Gasteiger partial charge on any atom is -1.00 e. The van der Waals surface area contributed by atoms with E-state index in [9.17, 15) is 0 Å². The molecule has 2 aromatic heterocycles. The van der Waals surface area contributed by atoms with E-state index < -0.39 is 0 Å². The normalized spacial score (nSPS) is 10.6. The topological polar surface area (TPSA) is 29.9 Å². The molecule has 3 aromatic rings. The van der Waals surface area contributed by atoms with Crippen LogP contribution in [0.4, 0.5) is 0 Å². The number of rotatable bonds is 1. The molecule has 3 nitrogen and oxygen atoms in total. The largest absolute Gasteiger partial charge is 1.00 e. The minimum atomic E-state index is 0. The highest BCUT2D eigenvalue weighted by Crippen LogP contribution is 2.24. The number of aromatic nitrogens is 3. The zero-order chi connectivity index (χ0) is 10.3. The smallest absolute Gasteiger partial charge is 0.313 e. The Morgan fingerprint density at radius 2 is 2.12 bits per heavy atom. The molecule has 0 N–H and O–H groups in total. The van der Waals surface area contributed by atoms with Crippen LogP contribution in [0, 0.1) is 0 Å². The maximum absolute atomic E-state index is 4.42. The lowest BCUT2D eigenvalue weighted by molar-refractivity contribution is -0.581. The van der Waals surface area contributed by atoms with Crippen molar-refractivity contribution in [3.63, 3.8) is 0 Å². The van der Waals surface area contributed by atoms with Crippen molar-refractivity contribution in [3.05, 3.63) is 30.6 Å². The fraction of sp³-hybridized carbons (Fsp3) is 0.100. The van der Waals surface area contributed by atoms with Crippen molar-refractivity contribution >= 4 is 38.8 Å². The predicted molar refractivity (Wildman–Crippen MR) is 62.4 cm³/mol. The number of benzene rings is 1. The third-order valence-corrected chi connectivity index (χ3v) is 4.23. The highest BCUT2D eigenvalue weighted by molar-refractivity contribution is 8.00. The molecule has 0 radical (unpaired) electrons. The molecule has 16 heavy (non-hydrogen) atoms. The van der Waals surface area contributed by atoms with Gasteiger partial charge in [-0.15, -0.1) is 0 Å². The quantitative estimate of drug-likeness (QED) is 0.322. The summed E-state index contributed by atoms with van der Waals surface area (Å²) in [5.74, 6) is 0. The maximum Gasteiger partial charge on any atom is 0.313 e. The van der Waals surface area contributed by atoms with Crippen molar-refractivity contribution in [1.29, 1.82) is 0 Å². The van der Waals surface area contributed by atoms with Crippen LogP contribution in [0.1, 0.15) is 0 Å². The van der Waals surface area contributed by atoms with E-state index in [1.165, 1.54) is 0 Å². The Hall–Kier alpha value is -0.470. The van der Waals surface area contributed by atoms with Crippen LogP contribution in [0.15, 0.2) is 34.9 Å². The molecule has 1 aromatic carbocycles. The molecular weight excluding hydrogens is 353 g/mol. The van der Waals surface area contributed by atoms with Crippen LogP contribution in [-0.2, 0) is 0 Å². The maximum atomic E-state index is 4.42. The molecule has 2 heterocycles. The molecule has 0 saturated heterocycles.